The van der Waals surface area contributed by atoms with Crippen LogP contribution in [0.15, 0.2) is 23.1 Å². The highest BCUT2D eigenvalue weighted by molar-refractivity contribution is 7.89. The lowest BCUT2D eigenvalue weighted by Crippen LogP contribution is -2.40. The fraction of sp³-hybridized carbons (Fsp3) is 0.500. The molecule has 1 aliphatic rings. The number of nitrogens with one attached hydrogen (secondary N) is 1. The average molecular weight is 286 g/mol. The van der Waals surface area contributed by atoms with Gasteiger partial charge in [-0.2, -0.15) is 0 Å². The highest BCUT2D eigenvalue weighted by atomic mass is 32.2. The zero-order valence-corrected chi connectivity index (χ0v) is 11.7. The zero-order chi connectivity index (χ0) is 14.0. The molecule has 0 aliphatic heterocycles. The number of hydrogen-bond donors (Lipinski definition) is 2. The Balaban J connectivity index is 2.18. The third-order valence-electron chi connectivity index (χ3n) is 3.29. The summed E-state index contributed by atoms with van der Waals surface area (Å²) in [4.78, 5) is 0.0680. The monoisotopic (exact) mass is 286 g/mol. The van der Waals surface area contributed by atoms with Crippen molar-refractivity contribution in [1.82, 2.24) is 0 Å². The maximum absolute atomic E-state index is 11.3. The average Bonchev–Trinajstić information content (AvgIpc) is 2.31. The van der Waals surface area contributed by atoms with Crippen LogP contribution in [0.2, 0.25) is 0 Å². The number of ether oxygens (including phenoxy) is 2. The molecule has 0 heterocycles. The van der Waals surface area contributed by atoms with Crippen molar-refractivity contribution in [2.45, 2.75) is 29.9 Å². The Hall–Kier alpha value is -1.31. The fourth-order valence-electron chi connectivity index (χ4n) is 2.07. The van der Waals surface area contributed by atoms with E-state index in [9.17, 15) is 8.42 Å². The number of primary sulfonamides is 1. The van der Waals surface area contributed by atoms with Gasteiger partial charge in [0.2, 0.25) is 10.0 Å². The Morgan fingerprint density at radius 3 is 2.53 bits per heavy atom. The Kier molecular flexibility index (Phi) is 3.98. The van der Waals surface area contributed by atoms with Crippen LogP contribution in [-0.4, -0.2) is 34.8 Å². The molecule has 0 bridgehead atoms. The molecular formula is C12H18N2O4S. The van der Waals surface area contributed by atoms with E-state index in [1.54, 1.807) is 13.2 Å². The number of nitrogens with two attached hydrogens (primary N) is 1. The van der Waals surface area contributed by atoms with Crippen LogP contribution in [0.1, 0.15) is 12.8 Å². The minimum atomic E-state index is -3.71. The van der Waals surface area contributed by atoms with Gasteiger partial charge in [0.1, 0.15) is 5.75 Å². The van der Waals surface area contributed by atoms with Gasteiger partial charge in [0.25, 0.3) is 0 Å². The summed E-state index contributed by atoms with van der Waals surface area (Å²) in [6.07, 6.45) is 2.04. The van der Waals surface area contributed by atoms with Crippen molar-refractivity contribution >= 4 is 15.7 Å². The third-order valence-corrected chi connectivity index (χ3v) is 4.20. The van der Waals surface area contributed by atoms with Crippen LogP contribution in [0.3, 0.4) is 0 Å². The van der Waals surface area contributed by atoms with Gasteiger partial charge in [-0.15, -0.1) is 0 Å². The topological polar surface area (TPSA) is 90.7 Å². The van der Waals surface area contributed by atoms with Crippen LogP contribution in [0.4, 0.5) is 5.69 Å². The van der Waals surface area contributed by atoms with Crippen molar-refractivity contribution in [2.24, 2.45) is 5.14 Å². The number of rotatable bonds is 5. The molecule has 0 amide bonds. The molecule has 0 aromatic heterocycles. The summed E-state index contributed by atoms with van der Waals surface area (Å²) in [6.45, 7) is 0. The summed E-state index contributed by atoms with van der Waals surface area (Å²) in [7, 11) is -0.489. The first-order valence-electron chi connectivity index (χ1n) is 5.94. The number of methoxy groups -OCH3 is 2. The summed E-state index contributed by atoms with van der Waals surface area (Å²) < 4.78 is 33.1. The van der Waals surface area contributed by atoms with Crippen LogP contribution in [0, 0.1) is 0 Å². The highest BCUT2D eigenvalue weighted by Gasteiger charge is 2.29. The minimum absolute atomic E-state index is 0.0680. The van der Waals surface area contributed by atoms with Gasteiger partial charge in [-0.3, -0.25) is 0 Å². The van der Waals surface area contributed by atoms with Crippen LogP contribution >= 0.6 is 0 Å². The molecule has 19 heavy (non-hydrogen) atoms. The van der Waals surface area contributed by atoms with E-state index in [2.05, 4.69) is 5.32 Å². The van der Waals surface area contributed by atoms with E-state index in [-0.39, 0.29) is 17.0 Å². The van der Waals surface area contributed by atoms with E-state index in [0.29, 0.717) is 11.4 Å². The molecule has 7 heteroatoms. The molecule has 106 valence electrons. The smallest absolute Gasteiger partial charge is 0.238 e. The number of benzene rings is 1. The number of anilines is 1. The molecule has 2 rings (SSSR count). The maximum atomic E-state index is 11.3. The first kappa shape index (κ1) is 14.1. The maximum Gasteiger partial charge on any atom is 0.238 e. The largest absolute Gasteiger partial charge is 0.495 e. The molecule has 1 aliphatic carbocycles. The second-order valence-corrected chi connectivity index (χ2v) is 6.14. The van der Waals surface area contributed by atoms with Crippen molar-refractivity contribution in [3.63, 3.8) is 0 Å². The van der Waals surface area contributed by atoms with Crippen molar-refractivity contribution in [1.29, 1.82) is 0 Å². The molecule has 6 nitrogen and oxygen atoms in total. The normalized spacial score (nSPS) is 22.7. The zero-order valence-electron chi connectivity index (χ0n) is 10.9. The fourth-order valence-corrected chi connectivity index (χ4v) is 2.61. The summed E-state index contributed by atoms with van der Waals surface area (Å²) in [5.74, 6) is 0.591. The van der Waals surface area contributed by atoms with E-state index in [4.69, 9.17) is 14.6 Å². The summed E-state index contributed by atoms with van der Waals surface area (Å²) >= 11 is 0. The quantitative estimate of drug-likeness (QED) is 0.840. The van der Waals surface area contributed by atoms with E-state index in [1.165, 1.54) is 19.2 Å². The molecule has 0 spiro atoms. The highest BCUT2D eigenvalue weighted by Crippen LogP contribution is 2.32. The van der Waals surface area contributed by atoms with Gasteiger partial charge in [-0.05, 0) is 31.0 Å². The number of hydrogen-bond acceptors (Lipinski definition) is 5. The van der Waals surface area contributed by atoms with Gasteiger partial charge in [0.05, 0.1) is 23.8 Å². The van der Waals surface area contributed by atoms with Gasteiger partial charge in [-0.1, -0.05) is 0 Å². The van der Waals surface area contributed by atoms with Gasteiger partial charge in [0.15, 0.2) is 0 Å². The van der Waals surface area contributed by atoms with Crippen molar-refractivity contribution in [3.8, 4) is 5.75 Å². The summed E-state index contributed by atoms with van der Waals surface area (Å²) in [5.41, 5.74) is 0.633. The third kappa shape index (κ3) is 3.17. The predicted molar refractivity (Wildman–Crippen MR) is 71.8 cm³/mol. The molecule has 0 saturated heterocycles. The van der Waals surface area contributed by atoms with Crippen molar-refractivity contribution < 1.29 is 17.9 Å². The lowest BCUT2D eigenvalue weighted by Gasteiger charge is -2.35. The molecule has 1 aromatic rings. The second kappa shape index (κ2) is 5.36. The van der Waals surface area contributed by atoms with Crippen LogP contribution < -0.4 is 15.2 Å². The van der Waals surface area contributed by atoms with Crippen LogP contribution in [-0.2, 0) is 14.8 Å². The molecule has 0 atom stereocenters. The van der Waals surface area contributed by atoms with Gasteiger partial charge in [-0.25, -0.2) is 13.6 Å². The molecule has 0 radical (unpaired) electrons. The lowest BCUT2D eigenvalue weighted by molar-refractivity contribution is 0.0328. The summed E-state index contributed by atoms with van der Waals surface area (Å²) in [6, 6.07) is 4.77. The van der Waals surface area contributed by atoms with E-state index < -0.39 is 10.0 Å². The molecule has 0 unspecified atom stereocenters. The van der Waals surface area contributed by atoms with Gasteiger partial charge in [0, 0.05) is 13.2 Å². The Labute approximate surface area is 112 Å². The van der Waals surface area contributed by atoms with Crippen molar-refractivity contribution in [2.75, 3.05) is 19.5 Å². The van der Waals surface area contributed by atoms with E-state index in [0.717, 1.165) is 12.8 Å². The summed E-state index contributed by atoms with van der Waals surface area (Å²) in [5, 5.41) is 8.37. The molecule has 3 N–H and O–H groups in total. The standard InChI is InChI=1S/C12H18N2O4S/c1-17-9-5-8(6-9)14-11-7-10(19(13,15)16)3-4-12(11)18-2/h3-4,7-9,14H,5-6H2,1-2H3,(H2,13,15,16). The minimum Gasteiger partial charge on any atom is -0.495 e. The SMILES string of the molecule is COc1ccc(S(N)(=O)=O)cc1NC1CC(OC)C1. The Morgan fingerprint density at radius 1 is 1.32 bits per heavy atom. The lowest BCUT2D eigenvalue weighted by atomic mass is 9.89. The molecule has 1 saturated carbocycles. The molecule has 1 fully saturated rings. The Morgan fingerprint density at radius 2 is 2.00 bits per heavy atom. The Bertz CT molecular complexity index is 553. The van der Waals surface area contributed by atoms with Crippen LogP contribution in [0.5, 0.6) is 5.75 Å². The predicted octanol–water partition coefficient (Wildman–Crippen LogP) is 0.932. The van der Waals surface area contributed by atoms with Crippen LogP contribution in [0.25, 0.3) is 0 Å². The molecule has 1 aromatic carbocycles. The van der Waals surface area contributed by atoms with Gasteiger partial charge < -0.3 is 14.8 Å². The van der Waals surface area contributed by atoms with E-state index >= 15 is 0 Å². The first-order valence-corrected chi connectivity index (χ1v) is 7.49. The van der Waals surface area contributed by atoms with E-state index in [1.807, 2.05) is 0 Å². The number of sulfonamides is 1. The molecular weight excluding hydrogens is 268 g/mol. The van der Waals surface area contributed by atoms with Crippen molar-refractivity contribution in [3.05, 3.63) is 18.2 Å². The second-order valence-electron chi connectivity index (χ2n) is 4.58. The van der Waals surface area contributed by atoms with Gasteiger partial charge >= 0.3 is 0 Å². The first-order chi connectivity index (χ1) is 8.94.